The Labute approximate surface area is 196 Å². The second-order valence-electron chi connectivity index (χ2n) is 8.44. The van der Waals surface area contributed by atoms with Crippen molar-refractivity contribution in [3.63, 3.8) is 0 Å². The summed E-state index contributed by atoms with van der Waals surface area (Å²) in [5.41, 5.74) is 4.13. The molecule has 0 saturated carbocycles. The van der Waals surface area contributed by atoms with E-state index in [4.69, 9.17) is 9.97 Å². The van der Waals surface area contributed by atoms with Gasteiger partial charge in [0.1, 0.15) is 11.6 Å². The molecule has 34 heavy (non-hydrogen) atoms. The predicted octanol–water partition coefficient (Wildman–Crippen LogP) is 5.07. The van der Waals surface area contributed by atoms with E-state index in [0.29, 0.717) is 45.7 Å². The van der Waals surface area contributed by atoms with Crippen LogP contribution in [0.25, 0.3) is 33.5 Å². The fraction of sp³-hybridized carbons (Fsp3) is 0.222. The highest BCUT2D eigenvalue weighted by Crippen LogP contribution is 2.31. The molecule has 0 atom stereocenters. The molecule has 1 saturated heterocycles. The van der Waals surface area contributed by atoms with Crippen molar-refractivity contribution in [2.75, 3.05) is 26.2 Å². The summed E-state index contributed by atoms with van der Waals surface area (Å²) in [5, 5.41) is 2.98. The number of nitrogens with zero attached hydrogens (tertiary/aromatic N) is 3. The van der Waals surface area contributed by atoms with Crippen molar-refractivity contribution < 1.29 is 13.6 Å². The van der Waals surface area contributed by atoms with Crippen LogP contribution in [0.1, 0.15) is 23.2 Å². The minimum absolute atomic E-state index is 0.158. The van der Waals surface area contributed by atoms with E-state index in [1.165, 1.54) is 37.1 Å². The Morgan fingerprint density at radius 2 is 1.35 bits per heavy atom. The number of aromatic nitrogens is 2. The first kappa shape index (κ1) is 22.1. The lowest BCUT2D eigenvalue weighted by Crippen LogP contribution is -2.33. The number of hydrogen-bond acceptors (Lipinski definition) is 4. The lowest BCUT2D eigenvalue weighted by molar-refractivity contribution is 0.0950. The molecule has 1 aliphatic heterocycles. The second kappa shape index (κ2) is 9.65. The molecule has 5 rings (SSSR count). The SMILES string of the molecule is O=C(NCCN1CCCC1)c1ccc2nc(-c3ccc(F)cc3)c(-c3ccc(F)cc3)nc2c1. The zero-order valence-corrected chi connectivity index (χ0v) is 18.6. The van der Waals surface area contributed by atoms with Crippen LogP contribution in [0, 0.1) is 11.6 Å². The molecule has 1 N–H and O–H groups in total. The molecule has 172 valence electrons. The molecule has 0 spiro atoms. The maximum Gasteiger partial charge on any atom is 0.251 e. The van der Waals surface area contributed by atoms with Gasteiger partial charge < -0.3 is 10.2 Å². The summed E-state index contributed by atoms with van der Waals surface area (Å²) in [6.07, 6.45) is 2.43. The Kier molecular flexibility index (Phi) is 6.27. The topological polar surface area (TPSA) is 58.1 Å². The van der Waals surface area contributed by atoms with Crippen molar-refractivity contribution in [2.24, 2.45) is 0 Å². The summed E-state index contributed by atoms with van der Waals surface area (Å²) in [4.78, 5) is 24.6. The number of halogens is 2. The maximum atomic E-state index is 13.5. The van der Waals surface area contributed by atoms with Crippen LogP contribution in [0.5, 0.6) is 0 Å². The number of benzene rings is 3. The van der Waals surface area contributed by atoms with Gasteiger partial charge >= 0.3 is 0 Å². The third-order valence-corrected chi connectivity index (χ3v) is 6.07. The van der Waals surface area contributed by atoms with Gasteiger partial charge in [0.2, 0.25) is 0 Å². The number of nitrogens with one attached hydrogen (secondary N) is 1. The van der Waals surface area contributed by atoms with Gasteiger partial charge in [0.25, 0.3) is 5.91 Å². The zero-order valence-electron chi connectivity index (χ0n) is 18.6. The van der Waals surface area contributed by atoms with Crippen LogP contribution < -0.4 is 5.32 Å². The average Bonchev–Trinajstić information content (AvgIpc) is 3.37. The van der Waals surface area contributed by atoms with Gasteiger partial charge in [-0.2, -0.15) is 0 Å². The Morgan fingerprint density at radius 3 is 1.94 bits per heavy atom. The minimum atomic E-state index is -0.353. The van der Waals surface area contributed by atoms with Crippen LogP contribution in [-0.2, 0) is 0 Å². The molecule has 2 heterocycles. The van der Waals surface area contributed by atoms with Crippen LogP contribution in [-0.4, -0.2) is 47.0 Å². The van der Waals surface area contributed by atoms with Crippen LogP contribution in [0.15, 0.2) is 66.7 Å². The van der Waals surface area contributed by atoms with Gasteiger partial charge in [-0.1, -0.05) is 0 Å². The quantitative estimate of drug-likeness (QED) is 0.438. The summed E-state index contributed by atoms with van der Waals surface area (Å²) < 4.78 is 27.0. The molecule has 5 nitrogen and oxygen atoms in total. The van der Waals surface area contributed by atoms with Crippen LogP contribution in [0.4, 0.5) is 8.78 Å². The fourth-order valence-corrected chi connectivity index (χ4v) is 4.25. The minimum Gasteiger partial charge on any atom is -0.351 e. The third-order valence-electron chi connectivity index (χ3n) is 6.07. The number of amides is 1. The van der Waals surface area contributed by atoms with E-state index >= 15 is 0 Å². The van der Waals surface area contributed by atoms with Gasteiger partial charge in [-0.25, -0.2) is 18.7 Å². The van der Waals surface area contributed by atoms with Crippen molar-refractivity contribution in [3.8, 4) is 22.5 Å². The number of fused-ring (bicyclic) bond motifs is 1. The highest BCUT2D eigenvalue weighted by molar-refractivity contribution is 5.98. The van der Waals surface area contributed by atoms with Crippen LogP contribution in [0.3, 0.4) is 0 Å². The first-order chi connectivity index (χ1) is 16.6. The lowest BCUT2D eigenvalue weighted by Gasteiger charge is -2.15. The number of likely N-dealkylation sites (tertiary alicyclic amines) is 1. The Morgan fingerprint density at radius 1 is 0.794 bits per heavy atom. The maximum absolute atomic E-state index is 13.5. The summed E-state index contributed by atoms with van der Waals surface area (Å²) in [5.74, 6) is -0.858. The number of rotatable bonds is 6. The zero-order chi connectivity index (χ0) is 23.5. The number of carbonyl (C=O) groups excluding carboxylic acids is 1. The molecule has 1 fully saturated rings. The molecule has 1 amide bonds. The van der Waals surface area contributed by atoms with E-state index < -0.39 is 0 Å². The van der Waals surface area contributed by atoms with Crippen molar-refractivity contribution in [1.29, 1.82) is 0 Å². The van der Waals surface area contributed by atoms with Gasteiger partial charge in [0, 0.05) is 29.8 Å². The van der Waals surface area contributed by atoms with Crippen molar-refractivity contribution >= 4 is 16.9 Å². The smallest absolute Gasteiger partial charge is 0.251 e. The molecule has 1 aromatic heterocycles. The molecule has 3 aromatic carbocycles. The molecule has 7 heteroatoms. The molecular formula is C27H24F2N4O. The highest BCUT2D eigenvalue weighted by atomic mass is 19.1. The van der Waals surface area contributed by atoms with E-state index in [2.05, 4.69) is 10.2 Å². The molecule has 0 bridgehead atoms. The van der Waals surface area contributed by atoms with Gasteiger partial charge in [-0.05, 0) is 92.7 Å². The van der Waals surface area contributed by atoms with Crippen molar-refractivity contribution in [2.45, 2.75) is 12.8 Å². The average molecular weight is 459 g/mol. The largest absolute Gasteiger partial charge is 0.351 e. The summed E-state index contributed by atoms with van der Waals surface area (Å²) in [6, 6.07) is 17.2. The van der Waals surface area contributed by atoms with E-state index in [0.717, 1.165) is 19.6 Å². The molecule has 0 radical (unpaired) electrons. The third kappa shape index (κ3) is 4.79. The molecule has 0 aliphatic carbocycles. The van der Waals surface area contributed by atoms with Crippen molar-refractivity contribution in [1.82, 2.24) is 20.2 Å². The van der Waals surface area contributed by atoms with Gasteiger partial charge in [0.15, 0.2) is 0 Å². The van der Waals surface area contributed by atoms with E-state index in [-0.39, 0.29) is 17.5 Å². The predicted molar refractivity (Wildman–Crippen MR) is 128 cm³/mol. The second-order valence-corrected chi connectivity index (χ2v) is 8.44. The summed E-state index contributed by atoms with van der Waals surface area (Å²) >= 11 is 0. The summed E-state index contributed by atoms with van der Waals surface area (Å²) in [7, 11) is 0. The number of carbonyl (C=O) groups is 1. The Bertz CT molecular complexity index is 1320. The van der Waals surface area contributed by atoms with Gasteiger partial charge in [-0.3, -0.25) is 4.79 Å². The van der Waals surface area contributed by atoms with Crippen LogP contribution >= 0.6 is 0 Å². The normalized spacial score (nSPS) is 13.9. The fourth-order valence-electron chi connectivity index (χ4n) is 4.25. The highest BCUT2D eigenvalue weighted by Gasteiger charge is 2.16. The van der Waals surface area contributed by atoms with E-state index in [9.17, 15) is 13.6 Å². The molecule has 1 aliphatic rings. The van der Waals surface area contributed by atoms with Crippen LogP contribution in [0.2, 0.25) is 0 Å². The Hall–Kier alpha value is -3.71. The number of hydrogen-bond donors (Lipinski definition) is 1. The molecule has 4 aromatic rings. The standard InChI is InChI=1S/C27H24F2N4O/c28-21-8-3-18(4-9-21)25-26(19-5-10-22(29)11-6-19)32-24-17-20(7-12-23(24)31-25)27(34)30-13-16-33-14-1-2-15-33/h3-12,17H,1-2,13-16H2,(H,30,34). The Balaban J connectivity index is 1.48. The molecular weight excluding hydrogens is 434 g/mol. The van der Waals surface area contributed by atoms with Crippen molar-refractivity contribution in [3.05, 3.63) is 83.9 Å². The first-order valence-electron chi connectivity index (χ1n) is 11.4. The monoisotopic (exact) mass is 458 g/mol. The summed E-state index contributed by atoms with van der Waals surface area (Å²) in [6.45, 7) is 3.61. The lowest BCUT2D eigenvalue weighted by atomic mass is 10.0. The van der Waals surface area contributed by atoms with E-state index in [1.807, 2.05) is 0 Å². The van der Waals surface area contributed by atoms with Gasteiger partial charge in [-0.15, -0.1) is 0 Å². The molecule has 0 unspecified atom stereocenters. The van der Waals surface area contributed by atoms with Gasteiger partial charge in [0.05, 0.1) is 22.4 Å². The first-order valence-corrected chi connectivity index (χ1v) is 11.4. The van der Waals surface area contributed by atoms with E-state index in [1.54, 1.807) is 42.5 Å².